The number of hydrogen-bond acceptors (Lipinski definition) is 5. The molecular formula is C35H38N4O4. The van der Waals surface area contributed by atoms with Gasteiger partial charge in [-0.2, -0.15) is 0 Å². The van der Waals surface area contributed by atoms with Gasteiger partial charge in [-0.1, -0.05) is 42.5 Å². The molecule has 8 nitrogen and oxygen atoms in total. The Labute approximate surface area is 251 Å². The fraction of sp³-hybridized carbons (Fsp3) is 0.371. The van der Waals surface area contributed by atoms with Crippen molar-refractivity contribution in [1.82, 2.24) is 20.6 Å². The van der Waals surface area contributed by atoms with E-state index in [-0.39, 0.29) is 24.8 Å². The SMILES string of the molecule is Cc1ccc2nc([C@H](CCNC(=O)OCc3ccccc3)NC(=O)c3ccc(C(=O)CC4CC5CC5C4)c(C)c3)[nH]c2c1. The van der Waals surface area contributed by atoms with Gasteiger partial charge in [0.05, 0.1) is 17.1 Å². The zero-order valence-electron chi connectivity index (χ0n) is 24.7. The largest absolute Gasteiger partial charge is 0.445 e. The lowest BCUT2D eigenvalue weighted by Crippen LogP contribution is -2.33. The van der Waals surface area contributed by atoms with Gasteiger partial charge in [-0.25, -0.2) is 9.78 Å². The molecule has 8 heteroatoms. The van der Waals surface area contributed by atoms with Gasteiger partial charge < -0.3 is 20.4 Å². The minimum Gasteiger partial charge on any atom is -0.445 e. The molecule has 1 aromatic heterocycles. The topological polar surface area (TPSA) is 113 Å². The Morgan fingerprint density at radius 1 is 0.977 bits per heavy atom. The highest BCUT2D eigenvalue weighted by atomic mass is 16.5. The van der Waals surface area contributed by atoms with Gasteiger partial charge >= 0.3 is 6.09 Å². The number of rotatable bonds is 11. The van der Waals surface area contributed by atoms with Gasteiger partial charge in [-0.3, -0.25) is 9.59 Å². The van der Waals surface area contributed by atoms with Gasteiger partial charge in [0.25, 0.3) is 5.91 Å². The van der Waals surface area contributed by atoms with Crippen molar-refractivity contribution in [2.24, 2.45) is 17.8 Å². The Balaban J connectivity index is 1.11. The van der Waals surface area contributed by atoms with E-state index in [0.717, 1.165) is 39.6 Å². The second-order valence-corrected chi connectivity index (χ2v) is 12.2. The number of alkyl carbamates (subject to hydrolysis) is 1. The van der Waals surface area contributed by atoms with E-state index < -0.39 is 12.1 Å². The average Bonchev–Trinajstić information content (AvgIpc) is 3.39. The number of carbonyl (C=O) groups excluding carboxylic acids is 3. The second kappa shape index (κ2) is 12.4. The monoisotopic (exact) mass is 578 g/mol. The Hall–Kier alpha value is -4.46. The van der Waals surface area contributed by atoms with E-state index in [9.17, 15) is 14.4 Å². The van der Waals surface area contributed by atoms with Gasteiger partial charge in [-0.15, -0.1) is 0 Å². The molecule has 0 saturated heterocycles. The standard InChI is InChI=1S/C35H38N4O4/c1-21-8-11-29-31(14-21)38-33(37-29)30(12-13-36-35(42)43-20-23-6-4-3-5-7-23)39-34(41)25-9-10-28(22(2)15-25)32(40)18-24-16-26-19-27(26)17-24/h3-11,14-15,24,26-27,30H,12-13,16-20H2,1-2H3,(H,36,42)(H,37,38)(H,39,41)/t24?,26?,27?,30-/m0/s1. The molecule has 2 aliphatic carbocycles. The van der Waals surface area contributed by atoms with Crippen LogP contribution in [0, 0.1) is 31.6 Å². The van der Waals surface area contributed by atoms with Crippen LogP contribution in [-0.2, 0) is 11.3 Å². The predicted molar refractivity (Wildman–Crippen MR) is 165 cm³/mol. The maximum absolute atomic E-state index is 13.5. The molecule has 3 N–H and O–H groups in total. The number of hydrogen-bond donors (Lipinski definition) is 3. The quantitative estimate of drug-likeness (QED) is 0.174. The van der Waals surface area contributed by atoms with Crippen LogP contribution in [0.4, 0.5) is 4.79 Å². The van der Waals surface area contributed by atoms with Crippen molar-refractivity contribution >= 4 is 28.8 Å². The molecule has 2 aliphatic rings. The highest BCUT2D eigenvalue weighted by Crippen LogP contribution is 2.55. The molecule has 2 unspecified atom stereocenters. The van der Waals surface area contributed by atoms with E-state index in [1.807, 2.05) is 62.4 Å². The minimum atomic E-state index is -0.528. The van der Waals surface area contributed by atoms with Crippen molar-refractivity contribution in [2.45, 2.75) is 58.6 Å². The first-order valence-corrected chi connectivity index (χ1v) is 15.2. The maximum atomic E-state index is 13.5. The number of nitrogens with zero attached hydrogens (tertiary/aromatic N) is 1. The molecule has 0 aliphatic heterocycles. The lowest BCUT2D eigenvalue weighted by molar-refractivity contribution is 0.0927. The summed E-state index contributed by atoms with van der Waals surface area (Å²) in [5, 5.41) is 5.87. The average molecular weight is 579 g/mol. The molecule has 4 aromatic rings. The van der Waals surface area contributed by atoms with Crippen molar-refractivity contribution < 1.29 is 19.1 Å². The number of aromatic nitrogens is 2. The number of ketones is 1. The first-order valence-electron chi connectivity index (χ1n) is 15.2. The normalized spacial score (nSPS) is 19.4. The highest BCUT2D eigenvalue weighted by molar-refractivity contribution is 6.00. The molecule has 222 valence electrons. The summed E-state index contributed by atoms with van der Waals surface area (Å²) in [5.74, 6) is 2.69. The molecule has 2 fully saturated rings. The maximum Gasteiger partial charge on any atom is 0.407 e. The third-order valence-corrected chi connectivity index (χ3v) is 8.81. The Morgan fingerprint density at radius 3 is 2.53 bits per heavy atom. The number of aryl methyl sites for hydroxylation is 2. The number of imidazole rings is 1. The van der Waals surface area contributed by atoms with E-state index in [0.29, 0.717) is 35.7 Å². The van der Waals surface area contributed by atoms with Crippen LogP contribution in [0.2, 0.25) is 0 Å². The number of benzene rings is 3. The van der Waals surface area contributed by atoms with E-state index in [1.54, 1.807) is 18.2 Å². The smallest absolute Gasteiger partial charge is 0.407 e. The van der Waals surface area contributed by atoms with Crippen LogP contribution in [0.5, 0.6) is 0 Å². The first kappa shape index (κ1) is 28.6. The van der Waals surface area contributed by atoms with E-state index in [4.69, 9.17) is 9.72 Å². The number of amides is 2. The Kier molecular flexibility index (Phi) is 8.27. The van der Waals surface area contributed by atoms with Crippen LogP contribution in [0.15, 0.2) is 66.7 Å². The summed E-state index contributed by atoms with van der Waals surface area (Å²) in [6, 6.07) is 20.2. The van der Waals surface area contributed by atoms with Crippen molar-refractivity contribution in [3.05, 3.63) is 100 Å². The molecule has 2 saturated carbocycles. The molecule has 3 aromatic carbocycles. The Bertz CT molecular complexity index is 1640. The number of Topliss-reactive ketones (excluding diaryl/α,β-unsaturated/α-hetero) is 1. The summed E-state index contributed by atoms with van der Waals surface area (Å²) in [6.45, 7) is 4.34. The minimum absolute atomic E-state index is 0.163. The summed E-state index contributed by atoms with van der Waals surface area (Å²) >= 11 is 0. The third-order valence-electron chi connectivity index (χ3n) is 8.81. The highest BCUT2D eigenvalue weighted by Gasteiger charge is 2.46. The third kappa shape index (κ3) is 6.96. The molecule has 0 spiro atoms. The van der Waals surface area contributed by atoms with Gasteiger partial charge in [0.1, 0.15) is 12.4 Å². The lowest BCUT2D eigenvalue weighted by atomic mass is 9.92. The van der Waals surface area contributed by atoms with E-state index >= 15 is 0 Å². The zero-order valence-corrected chi connectivity index (χ0v) is 24.7. The van der Waals surface area contributed by atoms with Crippen LogP contribution < -0.4 is 10.6 Å². The fourth-order valence-electron chi connectivity index (χ4n) is 6.42. The van der Waals surface area contributed by atoms with Crippen molar-refractivity contribution in [3.8, 4) is 0 Å². The number of ether oxygens (including phenoxy) is 1. The molecule has 6 rings (SSSR count). The van der Waals surface area contributed by atoms with Gasteiger partial charge in [-0.05, 0) is 98.2 Å². The predicted octanol–water partition coefficient (Wildman–Crippen LogP) is 6.59. The summed E-state index contributed by atoms with van der Waals surface area (Å²) in [5.41, 5.74) is 5.65. The summed E-state index contributed by atoms with van der Waals surface area (Å²) < 4.78 is 5.33. The van der Waals surface area contributed by atoms with Crippen LogP contribution in [0.1, 0.15) is 81.4 Å². The molecular weight excluding hydrogens is 540 g/mol. The van der Waals surface area contributed by atoms with Crippen LogP contribution >= 0.6 is 0 Å². The van der Waals surface area contributed by atoms with E-state index in [2.05, 4.69) is 15.6 Å². The summed E-state index contributed by atoms with van der Waals surface area (Å²) in [7, 11) is 0. The van der Waals surface area contributed by atoms with Crippen LogP contribution in [-0.4, -0.2) is 34.3 Å². The first-order chi connectivity index (χ1) is 20.8. The molecule has 0 radical (unpaired) electrons. The fourth-order valence-corrected chi connectivity index (χ4v) is 6.42. The molecule has 1 heterocycles. The van der Waals surface area contributed by atoms with E-state index in [1.165, 1.54) is 19.3 Å². The number of H-pyrrole nitrogens is 1. The van der Waals surface area contributed by atoms with Crippen LogP contribution in [0.25, 0.3) is 11.0 Å². The van der Waals surface area contributed by atoms with Crippen molar-refractivity contribution in [1.29, 1.82) is 0 Å². The van der Waals surface area contributed by atoms with Gasteiger partial charge in [0, 0.05) is 24.1 Å². The number of fused-ring (bicyclic) bond motifs is 2. The molecule has 43 heavy (non-hydrogen) atoms. The van der Waals surface area contributed by atoms with Crippen LogP contribution in [0.3, 0.4) is 0 Å². The molecule has 3 atom stereocenters. The number of carbonyl (C=O) groups is 3. The number of aromatic amines is 1. The summed E-state index contributed by atoms with van der Waals surface area (Å²) in [4.78, 5) is 46.9. The second-order valence-electron chi connectivity index (χ2n) is 12.2. The molecule has 2 amide bonds. The lowest BCUT2D eigenvalue weighted by Gasteiger charge is -2.18. The van der Waals surface area contributed by atoms with Gasteiger partial charge in [0.2, 0.25) is 0 Å². The number of nitrogens with one attached hydrogen (secondary N) is 3. The van der Waals surface area contributed by atoms with Gasteiger partial charge in [0.15, 0.2) is 5.78 Å². The molecule has 0 bridgehead atoms. The Morgan fingerprint density at radius 2 is 1.77 bits per heavy atom. The van der Waals surface area contributed by atoms with Crippen molar-refractivity contribution in [3.63, 3.8) is 0 Å². The summed E-state index contributed by atoms with van der Waals surface area (Å²) in [6.07, 6.45) is 4.16. The van der Waals surface area contributed by atoms with Crippen molar-refractivity contribution in [2.75, 3.05) is 6.54 Å². The zero-order chi connectivity index (χ0) is 29.9.